The van der Waals surface area contributed by atoms with Gasteiger partial charge in [-0.1, -0.05) is 41.9 Å². The second-order valence-electron chi connectivity index (χ2n) is 3.79. The summed E-state index contributed by atoms with van der Waals surface area (Å²) in [6, 6.07) is 11.2. The summed E-state index contributed by atoms with van der Waals surface area (Å²) in [6.45, 7) is 1.73. The lowest BCUT2D eigenvalue weighted by molar-refractivity contribution is 0.102. The Morgan fingerprint density at radius 1 is 1.19 bits per heavy atom. The van der Waals surface area contributed by atoms with E-state index in [4.69, 9.17) is 11.6 Å². The number of aromatic nitrogens is 1. The lowest BCUT2D eigenvalue weighted by Gasteiger charge is -2.25. The van der Waals surface area contributed by atoms with Crippen molar-refractivity contribution in [2.45, 2.75) is 12.5 Å². The van der Waals surface area contributed by atoms with Crippen LogP contribution in [0.2, 0.25) is 5.02 Å². The maximum Gasteiger partial charge on any atom is 0.113 e. The Morgan fingerprint density at radius 2 is 1.88 bits per heavy atom. The molecule has 0 amide bonds. The molecule has 0 radical (unpaired) electrons. The van der Waals surface area contributed by atoms with Crippen LogP contribution in [0.4, 0.5) is 0 Å². The average molecular weight is 234 g/mol. The first-order chi connectivity index (χ1) is 7.62. The van der Waals surface area contributed by atoms with Gasteiger partial charge in [-0.2, -0.15) is 0 Å². The summed E-state index contributed by atoms with van der Waals surface area (Å²) >= 11 is 6.04. The molecule has 1 heterocycles. The first kappa shape index (κ1) is 11.1. The molecule has 16 heavy (non-hydrogen) atoms. The number of hydrogen-bond acceptors (Lipinski definition) is 2. The predicted octanol–water partition coefficient (Wildman–Crippen LogP) is 2.99. The molecule has 1 N–H and O–H groups in total. The van der Waals surface area contributed by atoms with E-state index in [0.29, 0.717) is 10.6 Å². The fourth-order valence-corrected chi connectivity index (χ4v) is 1.99. The highest BCUT2D eigenvalue weighted by atomic mass is 35.5. The first-order valence-electron chi connectivity index (χ1n) is 5.00. The van der Waals surface area contributed by atoms with E-state index in [1.165, 1.54) is 6.20 Å². The van der Waals surface area contributed by atoms with Crippen molar-refractivity contribution in [1.82, 2.24) is 4.98 Å². The maximum absolute atomic E-state index is 10.5. The molecule has 1 aromatic carbocycles. The van der Waals surface area contributed by atoms with Crippen LogP contribution in [0.25, 0.3) is 0 Å². The molecule has 1 unspecified atom stereocenters. The zero-order valence-electron chi connectivity index (χ0n) is 8.89. The molecule has 82 valence electrons. The van der Waals surface area contributed by atoms with Crippen LogP contribution >= 0.6 is 11.6 Å². The van der Waals surface area contributed by atoms with Gasteiger partial charge in [-0.05, 0) is 18.6 Å². The lowest BCUT2D eigenvalue weighted by atomic mass is 9.89. The Kier molecular flexibility index (Phi) is 2.95. The van der Waals surface area contributed by atoms with Crippen LogP contribution in [0.5, 0.6) is 0 Å². The summed E-state index contributed by atoms with van der Waals surface area (Å²) in [5.74, 6) is 0. The van der Waals surface area contributed by atoms with Gasteiger partial charge in [0.1, 0.15) is 5.60 Å². The lowest BCUT2D eigenvalue weighted by Crippen LogP contribution is -2.23. The molecule has 0 saturated heterocycles. The first-order valence-corrected chi connectivity index (χ1v) is 5.38. The van der Waals surface area contributed by atoms with E-state index in [1.807, 2.05) is 30.3 Å². The van der Waals surface area contributed by atoms with Gasteiger partial charge in [0, 0.05) is 18.0 Å². The predicted molar refractivity (Wildman–Crippen MR) is 64.4 cm³/mol. The van der Waals surface area contributed by atoms with Crippen LogP contribution in [0, 0.1) is 0 Å². The summed E-state index contributed by atoms with van der Waals surface area (Å²) in [5, 5.41) is 11.0. The van der Waals surface area contributed by atoms with E-state index in [2.05, 4.69) is 4.98 Å². The molecule has 0 bridgehead atoms. The molecule has 1 aromatic heterocycles. The zero-order valence-corrected chi connectivity index (χ0v) is 9.65. The number of pyridine rings is 1. The molecular weight excluding hydrogens is 222 g/mol. The molecule has 0 aliphatic heterocycles. The summed E-state index contributed by atoms with van der Waals surface area (Å²) < 4.78 is 0. The minimum Gasteiger partial charge on any atom is -0.381 e. The number of rotatable bonds is 2. The highest BCUT2D eigenvalue weighted by Gasteiger charge is 2.27. The molecular formula is C13H12ClNO. The van der Waals surface area contributed by atoms with Crippen molar-refractivity contribution in [2.75, 3.05) is 0 Å². The third-order valence-electron chi connectivity index (χ3n) is 2.63. The second kappa shape index (κ2) is 4.24. The highest BCUT2D eigenvalue weighted by molar-refractivity contribution is 6.31. The van der Waals surface area contributed by atoms with Crippen LogP contribution in [0.3, 0.4) is 0 Å². The Balaban J connectivity index is 2.51. The van der Waals surface area contributed by atoms with E-state index >= 15 is 0 Å². The van der Waals surface area contributed by atoms with Gasteiger partial charge in [-0.15, -0.1) is 0 Å². The topological polar surface area (TPSA) is 33.1 Å². The van der Waals surface area contributed by atoms with Gasteiger partial charge in [-0.25, -0.2) is 0 Å². The second-order valence-corrected chi connectivity index (χ2v) is 4.20. The maximum atomic E-state index is 10.5. The van der Waals surface area contributed by atoms with E-state index < -0.39 is 5.60 Å². The van der Waals surface area contributed by atoms with Crippen molar-refractivity contribution in [3.05, 3.63) is 64.9 Å². The number of aliphatic hydroxyl groups is 1. The summed E-state index contributed by atoms with van der Waals surface area (Å²) in [6.07, 6.45) is 3.16. The van der Waals surface area contributed by atoms with E-state index in [-0.39, 0.29) is 0 Å². The quantitative estimate of drug-likeness (QED) is 0.865. The third kappa shape index (κ3) is 1.94. The smallest absolute Gasteiger partial charge is 0.113 e. The van der Waals surface area contributed by atoms with Crippen molar-refractivity contribution >= 4 is 11.6 Å². The molecule has 2 nitrogen and oxygen atoms in total. The molecule has 0 aliphatic carbocycles. The molecule has 0 saturated carbocycles. The minimum atomic E-state index is -1.10. The standard InChI is InChI=1S/C13H12ClNO/c1-13(16,10-5-3-2-4-6-10)11-7-8-15-9-12(11)14/h2-9,16H,1H3. The van der Waals surface area contributed by atoms with E-state index in [9.17, 15) is 5.11 Å². The molecule has 2 rings (SSSR count). The Bertz CT molecular complexity index is 482. The molecule has 1 atom stereocenters. The van der Waals surface area contributed by atoms with Gasteiger partial charge in [0.25, 0.3) is 0 Å². The Hall–Kier alpha value is -1.38. The fraction of sp³-hybridized carbons (Fsp3) is 0.154. The molecule has 2 aromatic rings. The van der Waals surface area contributed by atoms with Crippen LogP contribution in [0.15, 0.2) is 48.8 Å². The van der Waals surface area contributed by atoms with E-state index in [0.717, 1.165) is 5.56 Å². The molecule has 0 fully saturated rings. The van der Waals surface area contributed by atoms with Crippen molar-refractivity contribution in [1.29, 1.82) is 0 Å². The normalized spacial score (nSPS) is 14.4. The molecule has 3 heteroatoms. The van der Waals surface area contributed by atoms with Gasteiger partial charge in [0.15, 0.2) is 0 Å². The SMILES string of the molecule is CC(O)(c1ccccc1)c1ccncc1Cl. The largest absolute Gasteiger partial charge is 0.381 e. The minimum absolute atomic E-state index is 0.469. The number of benzene rings is 1. The van der Waals surface area contributed by atoms with E-state index in [1.54, 1.807) is 19.2 Å². The van der Waals surface area contributed by atoms with Gasteiger partial charge in [0.05, 0.1) is 5.02 Å². The van der Waals surface area contributed by atoms with Gasteiger partial charge in [-0.3, -0.25) is 4.98 Å². The van der Waals surface area contributed by atoms with Crippen LogP contribution in [-0.4, -0.2) is 10.1 Å². The van der Waals surface area contributed by atoms with Crippen molar-refractivity contribution < 1.29 is 5.11 Å². The molecule has 0 aliphatic rings. The average Bonchev–Trinajstić information content (AvgIpc) is 2.30. The van der Waals surface area contributed by atoms with Gasteiger partial charge in [0.2, 0.25) is 0 Å². The Morgan fingerprint density at radius 3 is 2.50 bits per heavy atom. The van der Waals surface area contributed by atoms with Crippen molar-refractivity contribution in [3.8, 4) is 0 Å². The highest BCUT2D eigenvalue weighted by Crippen LogP contribution is 2.32. The van der Waals surface area contributed by atoms with Crippen LogP contribution in [0.1, 0.15) is 18.1 Å². The van der Waals surface area contributed by atoms with Crippen molar-refractivity contribution in [3.63, 3.8) is 0 Å². The number of halogens is 1. The fourth-order valence-electron chi connectivity index (χ4n) is 1.69. The van der Waals surface area contributed by atoms with Crippen molar-refractivity contribution in [2.24, 2.45) is 0 Å². The zero-order chi connectivity index (χ0) is 11.6. The van der Waals surface area contributed by atoms with Crippen LogP contribution < -0.4 is 0 Å². The van der Waals surface area contributed by atoms with Gasteiger partial charge < -0.3 is 5.11 Å². The van der Waals surface area contributed by atoms with Gasteiger partial charge >= 0.3 is 0 Å². The van der Waals surface area contributed by atoms with Crippen LogP contribution in [-0.2, 0) is 5.60 Å². The summed E-state index contributed by atoms with van der Waals surface area (Å²) in [7, 11) is 0. The third-order valence-corrected chi connectivity index (χ3v) is 2.93. The summed E-state index contributed by atoms with van der Waals surface area (Å²) in [5.41, 5.74) is 0.375. The molecule has 0 spiro atoms. The monoisotopic (exact) mass is 233 g/mol. The summed E-state index contributed by atoms with van der Waals surface area (Å²) in [4.78, 5) is 3.91. The number of nitrogens with zero attached hydrogens (tertiary/aromatic N) is 1. The number of hydrogen-bond donors (Lipinski definition) is 1. The Labute approximate surface area is 99.5 Å².